The Bertz CT molecular complexity index is 509. The Kier molecular flexibility index (Phi) is 2.62. The van der Waals surface area contributed by atoms with Gasteiger partial charge in [0.15, 0.2) is 0 Å². The lowest BCUT2D eigenvalue weighted by molar-refractivity contribution is 0.821. The number of hydrogen-bond donors (Lipinski definition) is 0. The van der Waals surface area contributed by atoms with Gasteiger partial charge in [-0.2, -0.15) is 0 Å². The van der Waals surface area contributed by atoms with Crippen molar-refractivity contribution in [2.24, 2.45) is 0 Å². The SMILES string of the molecule is Cc1c(C(C)C)nc2cc(N(C)C)ccn12. The largest absolute Gasteiger partial charge is 0.378 e. The van der Waals surface area contributed by atoms with Gasteiger partial charge in [0, 0.05) is 37.7 Å². The Morgan fingerprint density at radius 2 is 2.00 bits per heavy atom. The van der Waals surface area contributed by atoms with E-state index in [-0.39, 0.29) is 0 Å². The summed E-state index contributed by atoms with van der Waals surface area (Å²) in [5.74, 6) is 0.475. The van der Waals surface area contributed by atoms with Crippen LogP contribution in [0.5, 0.6) is 0 Å². The van der Waals surface area contributed by atoms with E-state index in [1.54, 1.807) is 0 Å². The molecule has 2 heterocycles. The molecule has 2 aromatic rings. The number of aromatic nitrogens is 2. The standard InChI is InChI=1S/C13H19N3/c1-9(2)13-10(3)16-7-6-11(15(4)5)8-12(16)14-13/h6-9H,1-5H3. The number of imidazole rings is 1. The van der Waals surface area contributed by atoms with Gasteiger partial charge in [0.2, 0.25) is 0 Å². The van der Waals surface area contributed by atoms with Gasteiger partial charge in [0.05, 0.1) is 5.69 Å². The monoisotopic (exact) mass is 217 g/mol. The number of hydrogen-bond acceptors (Lipinski definition) is 2. The summed E-state index contributed by atoms with van der Waals surface area (Å²) in [6.07, 6.45) is 2.10. The lowest BCUT2D eigenvalue weighted by Crippen LogP contribution is -2.08. The molecule has 0 unspecified atom stereocenters. The van der Waals surface area contributed by atoms with Crippen LogP contribution in [0.3, 0.4) is 0 Å². The molecule has 0 bridgehead atoms. The zero-order chi connectivity index (χ0) is 11.9. The maximum absolute atomic E-state index is 4.69. The quantitative estimate of drug-likeness (QED) is 0.771. The maximum Gasteiger partial charge on any atom is 0.139 e. The van der Waals surface area contributed by atoms with Crippen LogP contribution in [0.1, 0.15) is 31.2 Å². The van der Waals surface area contributed by atoms with E-state index in [9.17, 15) is 0 Å². The van der Waals surface area contributed by atoms with Crippen LogP contribution in [0.15, 0.2) is 18.3 Å². The Balaban J connectivity index is 2.63. The molecular formula is C13H19N3. The summed E-state index contributed by atoms with van der Waals surface area (Å²) in [7, 11) is 4.09. The molecule has 0 saturated heterocycles. The van der Waals surface area contributed by atoms with Crippen LogP contribution in [-0.4, -0.2) is 23.5 Å². The van der Waals surface area contributed by atoms with E-state index in [2.05, 4.69) is 48.4 Å². The van der Waals surface area contributed by atoms with Gasteiger partial charge < -0.3 is 9.30 Å². The molecule has 2 rings (SSSR count). The number of pyridine rings is 1. The average molecular weight is 217 g/mol. The van der Waals surface area contributed by atoms with Gasteiger partial charge in [0.25, 0.3) is 0 Å². The van der Waals surface area contributed by atoms with E-state index in [0.717, 1.165) is 5.65 Å². The highest BCUT2D eigenvalue weighted by atomic mass is 15.1. The average Bonchev–Trinajstić information content (AvgIpc) is 2.55. The molecule has 0 radical (unpaired) electrons. The van der Waals surface area contributed by atoms with Crippen molar-refractivity contribution in [3.05, 3.63) is 29.7 Å². The van der Waals surface area contributed by atoms with Crippen LogP contribution >= 0.6 is 0 Å². The third-order valence-corrected chi connectivity index (χ3v) is 2.95. The highest BCUT2D eigenvalue weighted by molar-refractivity contribution is 5.57. The third kappa shape index (κ3) is 1.66. The van der Waals surface area contributed by atoms with E-state index in [1.165, 1.54) is 17.1 Å². The van der Waals surface area contributed by atoms with Crippen molar-refractivity contribution < 1.29 is 0 Å². The zero-order valence-corrected chi connectivity index (χ0v) is 10.7. The van der Waals surface area contributed by atoms with Crippen molar-refractivity contribution in [3.63, 3.8) is 0 Å². The fraction of sp³-hybridized carbons (Fsp3) is 0.462. The predicted molar refractivity (Wildman–Crippen MR) is 68.3 cm³/mol. The second-order valence-corrected chi connectivity index (χ2v) is 4.74. The van der Waals surface area contributed by atoms with Crippen LogP contribution in [-0.2, 0) is 0 Å². The first kappa shape index (κ1) is 11.0. The molecule has 0 spiro atoms. The van der Waals surface area contributed by atoms with Gasteiger partial charge in [-0.05, 0) is 18.9 Å². The van der Waals surface area contributed by atoms with Crippen molar-refractivity contribution >= 4 is 11.3 Å². The van der Waals surface area contributed by atoms with E-state index < -0.39 is 0 Å². The topological polar surface area (TPSA) is 20.5 Å². The summed E-state index contributed by atoms with van der Waals surface area (Å²) in [4.78, 5) is 6.79. The van der Waals surface area contributed by atoms with Gasteiger partial charge in [0.1, 0.15) is 5.65 Å². The van der Waals surface area contributed by atoms with Crippen LogP contribution < -0.4 is 4.90 Å². The minimum Gasteiger partial charge on any atom is -0.378 e. The van der Waals surface area contributed by atoms with E-state index in [0.29, 0.717) is 5.92 Å². The van der Waals surface area contributed by atoms with Gasteiger partial charge >= 0.3 is 0 Å². The molecule has 0 aliphatic rings. The molecule has 16 heavy (non-hydrogen) atoms. The van der Waals surface area contributed by atoms with Gasteiger partial charge in [-0.15, -0.1) is 0 Å². The fourth-order valence-electron chi connectivity index (χ4n) is 2.00. The highest BCUT2D eigenvalue weighted by Crippen LogP contribution is 2.22. The van der Waals surface area contributed by atoms with Gasteiger partial charge in [-0.25, -0.2) is 4.98 Å². The molecule has 0 atom stereocenters. The summed E-state index contributed by atoms with van der Waals surface area (Å²) < 4.78 is 2.16. The second-order valence-electron chi connectivity index (χ2n) is 4.74. The first-order valence-corrected chi connectivity index (χ1v) is 5.66. The van der Waals surface area contributed by atoms with Crippen LogP contribution in [0.4, 0.5) is 5.69 Å². The summed E-state index contributed by atoms with van der Waals surface area (Å²) >= 11 is 0. The fourth-order valence-corrected chi connectivity index (χ4v) is 2.00. The van der Waals surface area contributed by atoms with E-state index in [1.807, 2.05) is 14.1 Å². The summed E-state index contributed by atoms with van der Waals surface area (Å²) in [5.41, 5.74) is 4.66. The zero-order valence-electron chi connectivity index (χ0n) is 10.7. The number of fused-ring (bicyclic) bond motifs is 1. The minimum absolute atomic E-state index is 0.475. The second kappa shape index (κ2) is 3.81. The molecular weight excluding hydrogens is 198 g/mol. The number of aryl methyl sites for hydroxylation is 1. The maximum atomic E-state index is 4.69. The minimum atomic E-state index is 0.475. The summed E-state index contributed by atoms with van der Waals surface area (Å²) in [6.45, 7) is 6.49. The Labute approximate surface area is 96.7 Å². The summed E-state index contributed by atoms with van der Waals surface area (Å²) in [5, 5.41) is 0. The van der Waals surface area contributed by atoms with Crippen molar-refractivity contribution in [2.45, 2.75) is 26.7 Å². The van der Waals surface area contributed by atoms with E-state index >= 15 is 0 Å². The molecule has 0 aromatic carbocycles. The first-order valence-electron chi connectivity index (χ1n) is 5.66. The van der Waals surface area contributed by atoms with Crippen LogP contribution in [0.2, 0.25) is 0 Å². The van der Waals surface area contributed by atoms with Crippen molar-refractivity contribution in [1.82, 2.24) is 9.38 Å². The Morgan fingerprint density at radius 3 is 2.56 bits per heavy atom. The molecule has 2 aromatic heterocycles. The van der Waals surface area contributed by atoms with Crippen LogP contribution in [0, 0.1) is 6.92 Å². The highest BCUT2D eigenvalue weighted by Gasteiger charge is 2.11. The molecule has 0 fully saturated rings. The van der Waals surface area contributed by atoms with Crippen molar-refractivity contribution in [1.29, 1.82) is 0 Å². The lowest BCUT2D eigenvalue weighted by atomic mass is 10.1. The third-order valence-electron chi connectivity index (χ3n) is 2.95. The molecule has 0 aliphatic heterocycles. The normalized spacial score (nSPS) is 11.4. The first-order chi connectivity index (χ1) is 7.50. The molecule has 3 heteroatoms. The number of rotatable bonds is 2. The number of nitrogens with zero attached hydrogens (tertiary/aromatic N) is 3. The van der Waals surface area contributed by atoms with Crippen LogP contribution in [0.25, 0.3) is 5.65 Å². The van der Waals surface area contributed by atoms with Crippen molar-refractivity contribution in [3.8, 4) is 0 Å². The molecule has 3 nitrogen and oxygen atoms in total. The van der Waals surface area contributed by atoms with Gasteiger partial charge in [-0.3, -0.25) is 0 Å². The van der Waals surface area contributed by atoms with E-state index in [4.69, 9.17) is 4.98 Å². The summed E-state index contributed by atoms with van der Waals surface area (Å²) in [6, 6.07) is 4.24. The molecule has 86 valence electrons. The van der Waals surface area contributed by atoms with Crippen molar-refractivity contribution in [2.75, 3.05) is 19.0 Å². The lowest BCUT2D eigenvalue weighted by Gasteiger charge is -2.12. The molecule has 0 saturated carbocycles. The molecule has 0 aliphatic carbocycles. The van der Waals surface area contributed by atoms with Gasteiger partial charge in [-0.1, -0.05) is 13.8 Å². The molecule has 0 N–H and O–H groups in total. The predicted octanol–water partition coefficient (Wildman–Crippen LogP) is 2.83. The smallest absolute Gasteiger partial charge is 0.139 e. The molecule has 0 amide bonds. The Morgan fingerprint density at radius 1 is 1.31 bits per heavy atom. The number of anilines is 1. The Hall–Kier alpha value is -1.51.